The zero-order chi connectivity index (χ0) is 12.9. The molecule has 0 aromatic rings. The smallest absolute Gasteiger partial charge is 0.220 e. The third kappa shape index (κ3) is 3.73. The second kappa shape index (κ2) is 6.25. The molecule has 1 aliphatic heterocycles. The van der Waals surface area contributed by atoms with Gasteiger partial charge in [0.2, 0.25) is 0 Å². The quantitative estimate of drug-likeness (QED) is 0.473. The second-order valence-corrected chi connectivity index (χ2v) is 6.56. The molecule has 0 saturated carbocycles. The lowest BCUT2D eigenvalue weighted by Gasteiger charge is -2.24. The zero-order valence-electron chi connectivity index (χ0n) is 8.84. The minimum atomic E-state index is -4.81. The Labute approximate surface area is 102 Å². The number of halogens is 2. The molecule has 0 aliphatic carbocycles. The first-order valence-electron chi connectivity index (χ1n) is 4.95. The summed E-state index contributed by atoms with van der Waals surface area (Å²) in [6.07, 6.45) is 2.75. The van der Waals surface area contributed by atoms with Crippen LogP contribution in [0.5, 0.6) is 0 Å². The molecule has 0 aromatic carbocycles. The number of sulfonamides is 1. The normalized spacial score (nSPS) is 20.2. The summed E-state index contributed by atoms with van der Waals surface area (Å²) in [5.41, 5.74) is 0. The molecule has 0 spiro atoms. The highest BCUT2D eigenvalue weighted by atomic mass is 32.3. The predicted octanol–water partition coefficient (Wildman–Crippen LogP) is 1.81. The van der Waals surface area contributed by atoms with Gasteiger partial charge in [-0.25, -0.2) is 13.7 Å². The third-order valence-corrected chi connectivity index (χ3v) is 5.17. The molecule has 1 aliphatic rings. The molecule has 0 atom stereocenters. The van der Waals surface area contributed by atoms with Crippen molar-refractivity contribution in [1.82, 2.24) is 4.31 Å². The molecule has 0 amide bonds. The maximum absolute atomic E-state index is 13.3. The van der Waals surface area contributed by atoms with Gasteiger partial charge >= 0.3 is 4.59 Å². The first-order valence-corrected chi connectivity index (χ1v) is 7.13. The van der Waals surface area contributed by atoms with Gasteiger partial charge in [-0.2, -0.15) is 13.1 Å². The molecule has 1 fully saturated rings. The van der Waals surface area contributed by atoms with Crippen molar-refractivity contribution in [2.75, 3.05) is 13.1 Å². The van der Waals surface area contributed by atoms with Crippen molar-refractivity contribution in [3.63, 3.8) is 0 Å². The van der Waals surface area contributed by atoms with E-state index in [0.717, 1.165) is 17.1 Å². The molecule has 0 unspecified atom stereocenters. The van der Waals surface area contributed by atoms with Gasteiger partial charge in [0.25, 0.3) is 10.0 Å². The molecular weight excluding hydrogens is 280 g/mol. The fourth-order valence-corrected chi connectivity index (χ4v) is 3.42. The van der Waals surface area contributed by atoms with Crippen molar-refractivity contribution in [3.05, 3.63) is 0 Å². The Hall–Kier alpha value is -0.0000000000000000971. The van der Waals surface area contributed by atoms with Crippen molar-refractivity contribution in [3.8, 4) is 0 Å². The molecule has 1 rings (SSSR count). The summed E-state index contributed by atoms with van der Waals surface area (Å²) in [7, 11) is -4.81. The van der Waals surface area contributed by atoms with E-state index in [1.54, 1.807) is 0 Å². The molecule has 0 radical (unpaired) electrons. The van der Waals surface area contributed by atoms with Gasteiger partial charge in [0.15, 0.2) is 0 Å². The van der Waals surface area contributed by atoms with E-state index < -0.39 is 26.7 Å². The standard InChI is InChI=1S/C7H13F2NO5S2/c8-7(9,16-15-14-11)17(12,13)10-5-3-1-2-4-6-10/h11H,1-6H2. The largest absolute Gasteiger partial charge is 0.433 e. The Morgan fingerprint density at radius 3 is 2.18 bits per heavy atom. The highest BCUT2D eigenvalue weighted by molar-refractivity contribution is 8.10. The van der Waals surface area contributed by atoms with E-state index in [1.807, 2.05) is 0 Å². The van der Waals surface area contributed by atoms with Gasteiger partial charge in [-0.1, -0.05) is 17.9 Å². The Bertz CT molecular complexity index is 329. The maximum atomic E-state index is 13.3. The van der Waals surface area contributed by atoms with E-state index in [2.05, 4.69) is 9.37 Å². The van der Waals surface area contributed by atoms with Crippen LogP contribution in [-0.2, 0) is 19.4 Å². The first-order chi connectivity index (χ1) is 7.92. The molecule has 102 valence electrons. The minimum Gasteiger partial charge on any atom is -0.220 e. The van der Waals surface area contributed by atoms with Crippen molar-refractivity contribution in [2.45, 2.75) is 30.3 Å². The average Bonchev–Trinajstić information content (AvgIpc) is 2.55. The second-order valence-electron chi connectivity index (χ2n) is 3.51. The lowest BCUT2D eigenvalue weighted by Crippen LogP contribution is -2.41. The summed E-state index contributed by atoms with van der Waals surface area (Å²) in [6.45, 7) is 0.136. The Kier molecular flexibility index (Phi) is 5.54. The van der Waals surface area contributed by atoms with Crippen molar-refractivity contribution < 1.29 is 31.8 Å². The number of alkyl halides is 2. The molecule has 1 N–H and O–H groups in total. The Balaban J connectivity index is 2.77. The van der Waals surface area contributed by atoms with E-state index >= 15 is 0 Å². The fourth-order valence-electron chi connectivity index (χ4n) is 1.53. The lowest BCUT2D eigenvalue weighted by molar-refractivity contribution is -0.433. The van der Waals surface area contributed by atoms with E-state index in [-0.39, 0.29) is 13.1 Å². The lowest BCUT2D eigenvalue weighted by atomic mass is 10.2. The van der Waals surface area contributed by atoms with Crippen LogP contribution in [0.3, 0.4) is 0 Å². The van der Waals surface area contributed by atoms with Gasteiger partial charge < -0.3 is 0 Å². The van der Waals surface area contributed by atoms with Crippen molar-refractivity contribution in [1.29, 1.82) is 0 Å². The van der Waals surface area contributed by atoms with E-state index in [9.17, 15) is 17.2 Å². The van der Waals surface area contributed by atoms with Crippen LogP contribution >= 0.6 is 12.0 Å². The van der Waals surface area contributed by atoms with Crippen LogP contribution in [0.1, 0.15) is 25.7 Å². The topological polar surface area (TPSA) is 76.1 Å². The minimum absolute atomic E-state index is 0.0679. The maximum Gasteiger partial charge on any atom is 0.433 e. The van der Waals surface area contributed by atoms with E-state index in [4.69, 9.17) is 5.26 Å². The van der Waals surface area contributed by atoms with Crippen LogP contribution in [0.15, 0.2) is 0 Å². The van der Waals surface area contributed by atoms with Crippen molar-refractivity contribution >= 4 is 22.1 Å². The summed E-state index contributed by atoms with van der Waals surface area (Å²) in [4.78, 5) is 0. The van der Waals surface area contributed by atoms with Crippen LogP contribution in [-0.4, -0.2) is 35.7 Å². The predicted molar refractivity (Wildman–Crippen MR) is 56.3 cm³/mol. The van der Waals surface area contributed by atoms with Gasteiger partial charge in [0, 0.05) is 13.1 Å². The molecule has 17 heavy (non-hydrogen) atoms. The molecule has 1 saturated heterocycles. The molecule has 1 heterocycles. The summed E-state index contributed by atoms with van der Waals surface area (Å²) >= 11 is -0.749. The van der Waals surface area contributed by atoms with Gasteiger partial charge in [0.05, 0.1) is 0 Å². The van der Waals surface area contributed by atoms with Gasteiger partial charge in [-0.15, -0.1) is 4.33 Å². The van der Waals surface area contributed by atoms with Gasteiger partial charge in [-0.05, 0) is 12.8 Å². The number of nitrogens with zero attached hydrogens (tertiary/aromatic N) is 1. The van der Waals surface area contributed by atoms with Crippen LogP contribution in [0.25, 0.3) is 0 Å². The molecule has 6 nitrogen and oxygen atoms in total. The molecule has 10 heteroatoms. The van der Waals surface area contributed by atoms with Crippen molar-refractivity contribution in [2.24, 2.45) is 0 Å². The summed E-state index contributed by atoms with van der Waals surface area (Å²) < 4.78 is 49.9. The summed E-state index contributed by atoms with van der Waals surface area (Å²) in [6, 6.07) is 0. The van der Waals surface area contributed by atoms with E-state index in [0.29, 0.717) is 12.8 Å². The monoisotopic (exact) mass is 293 g/mol. The number of hydrogen-bond donors (Lipinski definition) is 1. The van der Waals surface area contributed by atoms with Gasteiger partial charge in [0.1, 0.15) is 12.0 Å². The highest BCUT2D eigenvalue weighted by Gasteiger charge is 2.51. The zero-order valence-corrected chi connectivity index (χ0v) is 10.5. The Morgan fingerprint density at radius 2 is 1.71 bits per heavy atom. The van der Waals surface area contributed by atoms with Crippen LogP contribution in [0.2, 0.25) is 0 Å². The summed E-state index contributed by atoms with van der Waals surface area (Å²) in [5.74, 6) is 0. The third-order valence-electron chi connectivity index (χ3n) is 2.37. The van der Waals surface area contributed by atoms with Crippen LogP contribution in [0.4, 0.5) is 8.78 Å². The van der Waals surface area contributed by atoms with Crippen LogP contribution in [0, 0.1) is 0 Å². The Morgan fingerprint density at radius 1 is 1.18 bits per heavy atom. The first kappa shape index (κ1) is 15.1. The number of rotatable bonds is 5. The average molecular weight is 293 g/mol. The number of hydrogen-bond acceptors (Lipinski definition) is 6. The molecule has 0 aromatic heterocycles. The van der Waals surface area contributed by atoms with E-state index in [1.165, 1.54) is 0 Å². The van der Waals surface area contributed by atoms with Crippen LogP contribution < -0.4 is 0 Å². The summed E-state index contributed by atoms with van der Waals surface area (Å²) in [5, 5.41) is 10.8. The SMILES string of the molecule is O=S(=O)(N1CCCCCC1)C(F)(F)SOOO. The van der Waals surface area contributed by atoms with Gasteiger partial charge in [-0.3, -0.25) is 0 Å². The molecular formula is C7H13F2NO5S2. The highest BCUT2D eigenvalue weighted by Crippen LogP contribution is 2.38. The fraction of sp³-hybridized carbons (Fsp3) is 1.00. The molecule has 0 bridgehead atoms.